The van der Waals surface area contributed by atoms with Crippen molar-refractivity contribution in [2.45, 2.75) is 6.92 Å². The van der Waals surface area contributed by atoms with Gasteiger partial charge in [0.05, 0.1) is 21.0 Å². The molecule has 0 aliphatic rings. The molecular formula is C13H7BrFN3O3. The monoisotopic (exact) mass is 351 g/mol. The van der Waals surface area contributed by atoms with E-state index in [1.54, 1.807) is 6.92 Å². The molecule has 0 spiro atoms. The van der Waals surface area contributed by atoms with Crippen molar-refractivity contribution in [3.8, 4) is 17.7 Å². The number of nitro groups is 1. The number of aryl methyl sites for hydroxylation is 1. The molecule has 1 aromatic carbocycles. The summed E-state index contributed by atoms with van der Waals surface area (Å²) in [7, 11) is 0. The van der Waals surface area contributed by atoms with Crippen LogP contribution in [0.25, 0.3) is 0 Å². The third-order valence-electron chi connectivity index (χ3n) is 2.47. The van der Waals surface area contributed by atoms with E-state index in [1.807, 2.05) is 6.07 Å². The molecule has 0 fully saturated rings. The number of nitriles is 1. The molecule has 0 radical (unpaired) electrons. The van der Waals surface area contributed by atoms with E-state index in [-0.39, 0.29) is 21.7 Å². The number of nitrogens with zero attached hydrogens (tertiary/aromatic N) is 3. The summed E-state index contributed by atoms with van der Waals surface area (Å²) in [5.41, 5.74) is 0.382. The predicted octanol–water partition coefficient (Wildman–Crippen LogP) is 3.86. The van der Waals surface area contributed by atoms with Gasteiger partial charge in [-0.3, -0.25) is 10.1 Å². The van der Waals surface area contributed by atoms with Crippen LogP contribution in [0.3, 0.4) is 0 Å². The highest BCUT2D eigenvalue weighted by Gasteiger charge is 2.20. The summed E-state index contributed by atoms with van der Waals surface area (Å²) in [6.45, 7) is 1.64. The Bertz CT molecular complexity index is 774. The summed E-state index contributed by atoms with van der Waals surface area (Å²) in [5.74, 6) is -1.01. The maximum Gasteiger partial charge on any atom is 0.312 e. The second kappa shape index (κ2) is 5.85. The van der Waals surface area contributed by atoms with Gasteiger partial charge in [-0.15, -0.1) is 0 Å². The second-order valence-electron chi connectivity index (χ2n) is 4.04. The van der Waals surface area contributed by atoms with Crippen molar-refractivity contribution in [3.05, 3.63) is 55.9 Å². The summed E-state index contributed by atoms with van der Waals surface area (Å²) in [6, 6.07) is 6.66. The smallest absolute Gasteiger partial charge is 0.312 e. The highest BCUT2D eigenvalue weighted by atomic mass is 79.9. The first kappa shape index (κ1) is 14.9. The van der Waals surface area contributed by atoms with E-state index in [1.165, 1.54) is 12.1 Å². The van der Waals surface area contributed by atoms with Gasteiger partial charge in [0.2, 0.25) is 11.6 Å². The Hall–Kier alpha value is -2.53. The van der Waals surface area contributed by atoms with E-state index in [4.69, 9.17) is 10.00 Å². The number of benzene rings is 1. The maximum atomic E-state index is 13.5. The van der Waals surface area contributed by atoms with Gasteiger partial charge in [0.15, 0.2) is 0 Å². The molecule has 8 heteroatoms. The number of hydrogen-bond acceptors (Lipinski definition) is 5. The van der Waals surface area contributed by atoms with Gasteiger partial charge in [0.1, 0.15) is 5.82 Å². The third-order valence-corrected chi connectivity index (χ3v) is 3.08. The molecule has 21 heavy (non-hydrogen) atoms. The molecule has 0 atom stereocenters. The third kappa shape index (κ3) is 3.32. The van der Waals surface area contributed by atoms with Crippen molar-refractivity contribution >= 4 is 21.6 Å². The molecule has 2 aromatic rings. The minimum Gasteiger partial charge on any atom is -0.432 e. The molecule has 0 unspecified atom stereocenters. The Morgan fingerprint density at radius 2 is 2.14 bits per heavy atom. The molecule has 0 amide bonds. The summed E-state index contributed by atoms with van der Waals surface area (Å²) >= 11 is 2.87. The molecule has 0 saturated heterocycles. The van der Waals surface area contributed by atoms with Crippen LogP contribution in [-0.2, 0) is 0 Å². The zero-order valence-electron chi connectivity index (χ0n) is 10.6. The van der Waals surface area contributed by atoms with E-state index in [9.17, 15) is 14.5 Å². The van der Waals surface area contributed by atoms with Crippen LogP contribution < -0.4 is 4.74 Å². The molecule has 0 bridgehead atoms. The molecule has 0 aliphatic carbocycles. The van der Waals surface area contributed by atoms with Crippen LogP contribution in [0, 0.1) is 34.2 Å². The highest BCUT2D eigenvalue weighted by Crippen LogP contribution is 2.35. The van der Waals surface area contributed by atoms with Crippen LogP contribution in [-0.4, -0.2) is 9.91 Å². The number of ether oxygens (including phenoxy) is 1. The molecule has 2 rings (SSSR count). The minimum atomic E-state index is -0.705. The Labute approximate surface area is 127 Å². The van der Waals surface area contributed by atoms with Crippen molar-refractivity contribution in [1.82, 2.24) is 4.98 Å². The molecule has 0 saturated carbocycles. The molecule has 1 aromatic heterocycles. The predicted molar refractivity (Wildman–Crippen MR) is 74.5 cm³/mol. The van der Waals surface area contributed by atoms with E-state index < -0.39 is 16.4 Å². The summed E-state index contributed by atoms with van der Waals surface area (Å²) in [6.07, 6.45) is 0. The Morgan fingerprint density at radius 3 is 2.76 bits per heavy atom. The van der Waals surface area contributed by atoms with E-state index >= 15 is 0 Å². The number of nitro benzene ring substituents is 1. The second-order valence-corrected chi connectivity index (χ2v) is 4.89. The summed E-state index contributed by atoms with van der Waals surface area (Å²) in [4.78, 5) is 14.3. The van der Waals surface area contributed by atoms with Gasteiger partial charge in [0, 0.05) is 23.9 Å². The highest BCUT2D eigenvalue weighted by molar-refractivity contribution is 9.10. The van der Waals surface area contributed by atoms with Gasteiger partial charge in [0.25, 0.3) is 0 Å². The average molecular weight is 352 g/mol. The quantitative estimate of drug-likeness (QED) is 0.618. The minimum absolute atomic E-state index is 0.0172. The largest absolute Gasteiger partial charge is 0.432 e. The normalized spacial score (nSPS) is 10.0. The first-order valence-electron chi connectivity index (χ1n) is 5.61. The molecule has 106 valence electrons. The van der Waals surface area contributed by atoms with Crippen molar-refractivity contribution in [1.29, 1.82) is 5.26 Å². The van der Waals surface area contributed by atoms with Crippen molar-refractivity contribution in [2.75, 3.05) is 0 Å². The number of halogens is 2. The topological polar surface area (TPSA) is 89.0 Å². The number of rotatable bonds is 3. The first-order valence-corrected chi connectivity index (χ1v) is 6.40. The number of pyridine rings is 1. The summed E-state index contributed by atoms with van der Waals surface area (Å²) in [5, 5.41) is 19.8. The fraction of sp³-hybridized carbons (Fsp3) is 0.0769. The lowest BCUT2D eigenvalue weighted by Gasteiger charge is -2.07. The first-order chi connectivity index (χ1) is 9.90. The Kier molecular flexibility index (Phi) is 4.14. The van der Waals surface area contributed by atoms with Crippen molar-refractivity contribution in [2.24, 2.45) is 0 Å². The van der Waals surface area contributed by atoms with Crippen LogP contribution in [0.1, 0.15) is 11.3 Å². The van der Waals surface area contributed by atoms with E-state index in [0.717, 1.165) is 12.1 Å². The summed E-state index contributed by atoms with van der Waals surface area (Å²) < 4.78 is 18.7. The van der Waals surface area contributed by atoms with E-state index in [0.29, 0.717) is 5.69 Å². The fourth-order valence-electron chi connectivity index (χ4n) is 1.61. The lowest BCUT2D eigenvalue weighted by molar-refractivity contribution is -0.385. The zero-order valence-corrected chi connectivity index (χ0v) is 12.2. The number of hydrogen-bond donors (Lipinski definition) is 0. The van der Waals surface area contributed by atoms with Crippen LogP contribution in [0.4, 0.5) is 10.1 Å². The number of aromatic nitrogens is 1. The SMILES string of the molecule is Cc1cc(C#N)cc(Oc2cc(F)c(Br)cc2[N+](=O)[O-])n1. The van der Waals surface area contributed by atoms with Gasteiger partial charge in [-0.1, -0.05) is 0 Å². The lowest BCUT2D eigenvalue weighted by Crippen LogP contribution is -1.97. The Balaban J connectivity index is 2.49. The molecular weight excluding hydrogens is 345 g/mol. The van der Waals surface area contributed by atoms with Crippen LogP contribution in [0.2, 0.25) is 0 Å². The molecule has 0 aliphatic heterocycles. The lowest BCUT2D eigenvalue weighted by atomic mass is 10.2. The molecule has 6 nitrogen and oxygen atoms in total. The average Bonchev–Trinajstić information content (AvgIpc) is 2.41. The standard InChI is InChI=1S/C13H7BrFN3O3/c1-7-2-8(6-16)3-13(17-7)21-12-5-10(15)9(14)4-11(12)18(19)20/h2-5H,1H3. The van der Waals surface area contributed by atoms with E-state index in [2.05, 4.69) is 20.9 Å². The molecule has 0 N–H and O–H groups in total. The molecule has 1 heterocycles. The van der Waals surface area contributed by atoms with Crippen molar-refractivity contribution in [3.63, 3.8) is 0 Å². The van der Waals surface area contributed by atoms with Gasteiger partial charge in [-0.2, -0.15) is 5.26 Å². The van der Waals surface area contributed by atoms with Crippen LogP contribution >= 0.6 is 15.9 Å². The van der Waals surface area contributed by atoms with Crippen molar-refractivity contribution < 1.29 is 14.1 Å². The van der Waals surface area contributed by atoms with Gasteiger partial charge < -0.3 is 4.74 Å². The Morgan fingerprint density at radius 1 is 1.43 bits per heavy atom. The zero-order chi connectivity index (χ0) is 15.6. The fourth-order valence-corrected chi connectivity index (χ4v) is 1.94. The van der Waals surface area contributed by atoms with Gasteiger partial charge in [-0.05, 0) is 28.9 Å². The van der Waals surface area contributed by atoms with Crippen LogP contribution in [0.15, 0.2) is 28.7 Å². The van der Waals surface area contributed by atoms with Gasteiger partial charge >= 0.3 is 5.69 Å². The maximum absolute atomic E-state index is 13.5. The van der Waals surface area contributed by atoms with Gasteiger partial charge in [-0.25, -0.2) is 9.37 Å². The van der Waals surface area contributed by atoms with Crippen LogP contribution in [0.5, 0.6) is 11.6 Å².